The first kappa shape index (κ1) is 23.6. The molecular formula is C24H28ClN5O2. The molecule has 32 heavy (non-hydrogen) atoms. The van der Waals surface area contributed by atoms with Crippen molar-refractivity contribution in [1.29, 1.82) is 0 Å². The number of carboxylic acids is 1. The maximum Gasteiger partial charge on any atom is 0.352 e. The SMILES string of the molecule is CCN(CC)CCCC(=NNC1=Nc2ccc(Cl)cc2C(c2ccccc2)=NC1)C(=O)O. The predicted molar refractivity (Wildman–Crippen MR) is 131 cm³/mol. The van der Waals surface area contributed by atoms with Crippen LogP contribution in [0.4, 0.5) is 5.69 Å². The summed E-state index contributed by atoms with van der Waals surface area (Å²) in [6, 6.07) is 15.3. The van der Waals surface area contributed by atoms with Gasteiger partial charge in [-0.2, -0.15) is 5.10 Å². The molecule has 2 aromatic rings. The molecule has 0 saturated heterocycles. The second-order valence-corrected chi connectivity index (χ2v) is 7.79. The molecule has 8 heteroatoms. The Balaban J connectivity index is 1.81. The third-order valence-electron chi connectivity index (χ3n) is 5.25. The van der Waals surface area contributed by atoms with Gasteiger partial charge >= 0.3 is 5.97 Å². The number of rotatable bonds is 9. The van der Waals surface area contributed by atoms with Crippen LogP contribution in [0.25, 0.3) is 0 Å². The molecule has 0 bridgehead atoms. The van der Waals surface area contributed by atoms with Crippen molar-refractivity contribution in [1.82, 2.24) is 10.3 Å². The summed E-state index contributed by atoms with van der Waals surface area (Å²) < 4.78 is 0. The van der Waals surface area contributed by atoms with Crippen molar-refractivity contribution in [2.75, 3.05) is 26.2 Å². The summed E-state index contributed by atoms with van der Waals surface area (Å²) in [6.07, 6.45) is 1.09. The van der Waals surface area contributed by atoms with Crippen molar-refractivity contribution >= 4 is 40.5 Å². The van der Waals surface area contributed by atoms with Gasteiger partial charge in [0.15, 0.2) is 0 Å². The molecule has 7 nitrogen and oxygen atoms in total. The molecule has 1 aliphatic rings. The van der Waals surface area contributed by atoms with Crippen LogP contribution < -0.4 is 5.43 Å². The standard InChI is InChI=1S/C24H28ClN5O2/c1-3-30(4-2)14-8-11-21(24(31)32)28-29-22-16-26-23(17-9-6-5-7-10-17)19-15-18(25)12-13-20(19)27-22/h5-7,9-10,12-13,15H,3-4,8,11,14,16H2,1-2H3,(H,27,29)(H,31,32). The fourth-order valence-electron chi connectivity index (χ4n) is 3.47. The number of halogens is 1. The monoisotopic (exact) mass is 453 g/mol. The molecule has 0 spiro atoms. The van der Waals surface area contributed by atoms with Crippen LogP contribution in [0, 0.1) is 0 Å². The lowest BCUT2D eigenvalue weighted by atomic mass is 10.0. The van der Waals surface area contributed by atoms with Crippen LogP contribution in [-0.4, -0.2) is 59.4 Å². The summed E-state index contributed by atoms with van der Waals surface area (Å²) in [6.45, 7) is 7.14. The number of carboxylic acid groups (broad SMARTS) is 1. The van der Waals surface area contributed by atoms with Crippen LogP contribution in [0.15, 0.2) is 63.6 Å². The average molecular weight is 454 g/mol. The van der Waals surface area contributed by atoms with Crippen LogP contribution in [-0.2, 0) is 4.79 Å². The summed E-state index contributed by atoms with van der Waals surface area (Å²) in [5.74, 6) is -0.561. The summed E-state index contributed by atoms with van der Waals surface area (Å²) in [5, 5.41) is 14.3. The van der Waals surface area contributed by atoms with Gasteiger partial charge in [-0.05, 0) is 44.3 Å². The van der Waals surface area contributed by atoms with E-state index >= 15 is 0 Å². The Bertz CT molecular complexity index is 1030. The minimum Gasteiger partial charge on any atom is -0.477 e. The third-order valence-corrected chi connectivity index (χ3v) is 5.49. The molecule has 2 N–H and O–H groups in total. The maximum atomic E-state index is 11.7. The zero-order valence-corrected chi connectivity index (χ0v) is 19.1. The first-order valence-corrected chi connectivity index (χ1v) is 11.1. The molecule has 0 aliphatic carbocycles. The van der Waals surface area contributed by atoms with E-state index < -0.39 is 5.97 Å². The first-order chi connectivity index (χ1) is 15.5. The highest BCUT2D eigenvalue weighted by Gasteiger charge is 2.17. The number of hydrogen-bond acceptors (Lipinski definition) is 6. The van der Waals surface area contributed by atoms with E-state index in [1.165, 1.54) is 0 Å². The van der Waals surface area contributed by atoms with Gasteiger partial charge in [-0.3, -0.25) is 10.4 Å². The lowest BCUT2D eigenvalue weighted by Gasteiger charge is -2.17. The second kappa shape index (κ2) is 11.5. The molecule has 0 aromatic heterocycles. The van der Waals surface area contributed by atoms with Crippen molar-refractivity contribution in [3.63, 3.8) is 0 Å². The van der Waals surface area contributed by atoms with Gasteiger partial charge in [0, 0.05) is 22.6 Å². The second-order valence-electron chi connectivity index (χ2n) is 7.36. The molecule has 0 unspecified atom stereocenters. The lowest BCUT2D eigenvalue weighted by molar-refractivity contribution is -0.129. The van der Waals surface area contributed by atoms with Crippen LogP contribution in [0.1, 0.15) is 37.8 Å². The fourth-order valence-corrected chi connectivity index (χ4v) is 3.64. The summed E-state index contributed by atoms with van der Waals surface area (Å²) in [4.78, 5) is 23.3. The van der Waals surface area contributed by atoms with Crippen LogP contribution in [0.2, 0.25) is 5.02 Å². The van der Waals surface area contributed by atoms with Crippen molar-refractivity contribution in [2.24, 2.45) is 15.1 Å². The summed E-state index contributed by atoms with van der Waals surface area (Å²) >= 11 is 6.24. The van der Waals surface area contributed by atoms with E-state index in [2.05, 4.69) is 34.3 Å². The number of hydrogen-bond donors (Lipinski definition) is 2. The molecule has 0 radical (unpaired) electrons. The highest BCUT2D eigenvalue weighted by atomic mass is 35.5. The average Bonchev–Trinajstić information content (AvgIpc) is 2.98. The van der Waals surface area contributed by atoms with E-state index in [0.29, 0.717) is 23.0 Å². The minimum absolute atomic E-state index is 0.0766. The zero-order chi connectivity index (χ0) is 22.9. The van der Waals surface area contributed by atoms with Gasteiger partial charge in [0.05, 0.1) is 17.9 Å². The molecular weight excluding hydrogens is 426 g/mol. The highest BCUT2D eigenvalue weighted by molar-refractivity contribution is 6.35. The van der Waals surface area contributed by atoms with Crippen molar-refractivity contribution in [2.45, 2.75) is 26.7 Å². The quantitative estimate of drug-likeness (QED) is 0.435. The molecule has 0 saturated carbocycles. The van der Waals surface area contributed by atoms with E-state index in [1.807, 2.05) is 42.5 Å². The molecule has 1 aliphatic heterocycles. The molecule has 1 heterocycles. The number of nitrogens with one attached hydrogen (secondary N) is 1. The Hall–Kier alpha value is -3.03. The van der Waals surface area contributed by atoms with Crippen LogP contribution in [0.5, 0.6) is 0 Å². The number of aliphatic carboxylic acids is 1. The minimum atomic E-state index is -1.04. The molecule has 3 rings (SSSR count). The lowest BCUT2D eigenvalue weighted by Crippen LogP contribution is -2.27. The Labute approximate surface area is 193 Å². The van der Waals surface area contributed by atoms with Crippen LogP contribution in [0.3, 0.4) is 0 Å². The van der Waals surface area contributed by atoms with Gasteiger partial charge < -0.3 is 10.0 Å². The number of hydrazone groups is 1. The first-order valence-electron chi connectivity index (χ1n) is 10.8. The molecule has 0 atom stereocenters. The smallest absolute Gasteiger partial charge is 0.352 e. The number of benzene rings is 2. The number of aliphatic imine (C=N–C) groups is 2. The fraction of sp³-hybridized carbons (Fsp3) is 0.333. The maximum absolute atomic E-state index is 11.7. The number of fused-ring (bicyclic) bond motifs is 1. The molecule has 0 fully saturated rings. The summed E-state index contributed by atoms with van der Waals surface area (Å²) in [7, 11) is 0. The van der Waals surface area contributed by atoms with Crippen LogP contribution >= 0.6 is 11.6 Å². The van der Waals surface area contributed by atoms with E-state index in [9.17, 15) is 9.90 Å². The van der Waals surface area contributed by atoms with Crippen molar-refractivity contribution < 1.29 is 9.90 Å². The van der Waals surface area contributed by atoms with E-state index in [-0.39, 0.29) is 12.3 Å². The van der Waals surface area contributed by atoms with Gasteiger partial charge in [-0.15, -0.1) is 0 Å². The Kier molecular flexibility index (Phi) is 8.53. The van der Waals surface area contributed by atoms with Gasteiger partial charge in [0.25, 0.3) is 0 Å². The highest BCUT2D eigenvalue weighted by Crippen LogP contribution is 2.28. The van der Waals surface area contributed by atoms with Crippen molar-refractivity contribution in [3.05, 3.63) is 64.7 Å². The van der Waals surface area contributed by atoms with Gasteiger partial charge in [-0.25, -0.2) is 9.79 Å². The van der Waals surface area contributed by atoms with Gasteiger partial charge in [-0.1, -0.05) is 55.8 Å². The Morgan fingerprint density at radius 3 is 2.62 bits per heavy atom. The van der Waals surface area contributed by atoms with E-state index in [4.69, 9.17) is 16.6 Å². The van der Waals surface area contributed by atoms with Gasteiger partial charge in [0.1, 0.15) is 11.5 Å². The predicted octanol–water partition coefficient (Wildman–Crippen LogP) is 4.37. The van der Waals surface area contributed by atoms with Gasteiger partial charge in [0.2, 0.25) is 0 Å². The van der Waals surface area contributed by atoms with E-state index in [0.717, 1.165) is 42.9 Å². The van der Waals surface area contributed by atoms with E-state index in [1.54, 1.807) is 6.07 Å². The molecule has 2 aromatic carbocycles. The number of nitrogens with zero attached hydrogens (tertiary/aromatic N) is 4. The molecule has 168 valence electrons. The number of carbonyl (C=O) groups is 1. The molecule has 0 amide bonds. The third kappa shape index (κ3) is 6.24. The Morgan fingerprint density at radius 2 is 1.94 bits per heavy atom. The normalized spacial score (nSPS) is 13.8. The van der Waals surface area contributed by atoms with Crippen molar-refractivity contribution in [3.8, 4) is 0 Å². The summed E-state index contributed by atoms with van der Waals surface area (Å²) in [5.41, 5.74) is 6.18. The topological polar surface area (TPSA) is 89.6 Å². The zero-order valence-electron chi connectivity index (χ0n) is 18.4. The number of amidine groups is 1. The Morgan fingerprint density at radius 1 is 1.19 bits per heavy atom. The largest absolute Gasteiger partial charge is 0.477 e.